The van der Waals surface area contributed by atoms with Crippen LogP contribution in [0.4, 0.5) is 19.0 Å². The van der Waals surface area contributed by atoms with Crippen LogP contribution < -0.4 is 9.64 Å². The number of benzene rings is 1. The zero-order valence-electron chi connectivity index (χ0n) is 21.2. The molecule has 1 aliphatic carbocycles. The van der Waals surface area contributed by atoms with Crippen LogP contribution in [0, 0.1) is 5.92 Å². The standard InChI is InChI=1S/C28H28F3N3O5/c1-15-10-18-11-19(12-22(15)34(18)24-9-8-17(13-32-24)27(35)36)37-14-21-25(33-39-26(21)16-6-7-16)20-4-2-3-5-23(20)38-28(29,30)31/h2-5,8-9,13,15-16,18-19,22H,6-7,10-12,14H2,1H3,(H,35,36)/t15-,18?,19?,22?/m1/s1. The normalized spacial score (nSPS) is 24.7. The van der Waals surface area contributed by atoms with Crippen LogP contribution in [0.25, 0.3) is 11.3 Å². The van der Waals surface area contributed by atoms with Crippen LogP contribution in [0.1, 0.15) is 66.6 Å². The van der Waals surface area contributed by atoms with E-state index in [9.17, 15) is 23.1 Å². The number of fused-ring (bicyclic) bond motifs is 2. The molecule has 0 spiro atoms. The lowest BCUT2D eigenvalue weighted by Gasteiger charge is -2.40. The molecule has 2 saturated heterocycles. The van der Waals surface area contributed by atoms with Gasteiger partial charge < -0.3 is 24.0 Å². The molecule has 39 heavy (non-hydrogen) atoms. The first-order chi connectivity index (χ1) is 18.7. The van der Waals surface area contributed by atoms with Crippen LogP contribution in [0.5, 0.6) is 5.75 Å². The van der Waals surface area contributed by atoms with Crippen LogP contribution in [-0.2, 0) is 11.3 Å². The van der Waals surface area contributed by atoms with Crippen molar-refractivity contribution in [3.8, 4) is 17.0 Å². The fraction of sp³-hybridized carbons (Fsp3) is 0.464. The van der Waals surface area contributed by atoms with Crippen LogP contribution in [0.2, 0.25) is 0 Å². The molecule has 2 bridgehead atoms. The lowest BCUT2D eigenvalue weighted by Crippen LogP contribution is -2.47. The number of para-hydroxylation sites is 1. The number of nitrogens with zero attached hydrogens (tertiary/aromatic N) is 3. The van der Waals surface area contributed by atoms with Crippen molar-refractivity contribution >= 4 is 11.8 Å². The number of aromatic nitrogens is 2. The third kappa shape index (κ3) is 5.19. The molecule has 2 aromatic heterocycles. The molecule has 2 aliphatic heterocycles. The largest absolute Gasteiger partial charge is 0.573 e. The van der Waals surface area contributed by atoms with Gasteiger partial charge in [-0.25, -0.2) is 9.78 Å². The second kappa shape index (κ2) is 9.86. The Balaban J connectivity index is 1.21. The first kappa shape index (κ1) is 25.7. The van der Waals surface area contributed by atoms with E-state index in [0.29, 0.717) is 22.9 Å². The number of carboxylic acids is 1. The Morgan fingerprint density at radius 3 is 2.62 bits per heavy atom. The number of halogens is 3. The Morgan fingerprint density at radius 1 is 1.15 bits per heavy atom. The number of pyridine rings is 1. The lowest BCUT2D eigenvalue weighted by atomic mass is 9.96. The number of carbonyl (C=O) groups is 1. The molecule has 1 N–H and O–H groups in total. The Labute approximate surface area is 222 Å². The van der Waals surface area contributed by atoms with Gasteiger partial charge in [0.25, 0.3) is 0 Å². The summed E-state index contributed by atoms with van der Waals surface area (Å²) in [6.07, 6.45) is 0.868. The quantitative estimate of drug-likeness (QED) is 0.360. The van der Waals surface area contributed by atoms with E-state index in [4.69, 9.17) is 9.26 Å². The Morgan fingerprint density at radius 2 is 1.95 bits per heavy atom. The Hall–Kier alpha value is -3.60. The van der Waals surface area contributed by atoms with Crippen molar-refractivity contribution < 1.29 is 37.1 Å². The monoisotopic (exact) mass is 543 g/mol. The van der Waals surface area contributed by atoms with Gasteiger partial charge in [0, 0.05) is 35.3 Å². The molecule has 3 aromatic rings. The van der Waals surface area contributed by atoms with Gasteiger partial charge in [-0.2, -0.15) is 0 Å². The lowest BCUT2D eigenvalue weighted by molar-refractivity contribution is -0.274. The number of anilines is 1. The van der Waals surface area contributed by atoms with Crippen LogP contribution in [-0.4, -0.2) is 45.8 Å². The van der Waals surface area contributed by atoms with E-state index in [1.165, 1.54) is 18.3 Å². The third-order valence-electron chi connectivity index (χ3n) is 7.95. The summed E-state index contributed by atoms with van der Waals surface area (Å²) in [5, 5.41) is 13.4. The Kier molecular flexibility index (Phi) is 6.49. The summed E-state index contributed by atoms with van der Waals surface area (Å²) in [5.41, 5.74) is 1.34. The molecule has 3 aliphatic rings. The van der Waals surface area contributed by atoms with Crippen molar-refractivity contribution in [2.24, 2.45) is 5.92 Å². The van der Waals surface area contributed by atoms with Crippen molar-refractivity contribution in [3.05, 3.63) is 59.5 Å². The van der Waals surface area contributed by atoms with Gasteiger partial charge in [0.15, 0.2) is 0 Å². The third-order valence-corrected chi connectivity index (χ3v) is 7.95. The van der Waals surface area contributed by atoms with Crippen molar-refractivity contribution in [2.45, 2.75) is 76.1 Å². The SMILES string of the molecule is C[C@@H]1CC2CC(OCc3c(-c4ccccc4OC(F)(F)F)noc3C3CC3)CC1N2c1ccc(C(=O)O)cn1. The minimum absolute atomic E-state index is 0.0593. The molecular formula is C28H28F3N3O5. The number of hydrogen-bond acceptors (Lipinski definition) is 7. The maximum Gasteiger partial charge on any atom is 0.573 e. The molecule has 0 amide bonds. The molecule has 11 heteroatoms. The smallest absolute Gasteiger partial charge is 0.478 e. The number of piperidine rings is 1. The summed E-state index contributed by atoms with van der Waals surface area (Å²) in [6, 6.07) is 9.64. The molecule has 4 atom stereocenters. The van der Waals surface area contributed by atoms with Gasteiger partial charge in [0.2, 0.25) is 0 Å². The molecule has 6 rings (SSSR count). The number of ether oxygens (including phenoxy) is 2. The van der Waals surface area contributed by atoms with Crippen LogP contribution in [0.3, 0.4) is 0 Å². The second-order valence-electron chi connectivity index (χ2n) is 10.6. The molecule has 206 valence electrons. The van der Waals surface area contributed by atoms with Gasteiger partial charge in [0.05, 0.1) is 18.3 Å². The van der Waals surface area contributed by atoms with Gasteiger partial charge in [-0.05, 0) is 62.3 Å². The zero-order valence-corrected chi connectivity index (χ0v) is 21.2. The fourth-order valence-corrected chi connectivity index (χ4v) is 6.04. The molecule has 3 unspecified atom stereocenters. The minimum Gasteiger partial charge on any atom is -0.478 e. The maximum atomic E-state index is 13.1. The highest BCUT2D eigenvalue weighted by molar-refractivity contribution is 5.87. The summed E-state index contributed by atoms with van der Waals surface area (Å²) in [5.74, 6) is 0.689. The van der Waals surface area contributed by atoms with Crippen LogP contribution >= 0.6 is 0 Å². The molecule has 3 fully saturated rings. The average molecular weight is 544 g/mol. The van der Waals surface area contributed by atoms with E-state index in [1.54, 1.807) is 24.3 Å². The topological polar surface area (TPSA) is 97.9 Å². The van der Waals surface area contributed by atoms with Crippen LogP contribution in [0.15, 0.2) is 47.1 Å². The first-order valence-corrected chi connectivity index (χ1v) is 13.1. The highest BCUT2D eigenvalue weighted by Crippen LogP contribution is 2.47. The molecule has 1 aromatic carbocycles. The van der Waals surface area contributed by atoms with E-state index in [2.05, 4.69) is 26.7 Å². The minimum atomic E-state index is -4.83. The maximum absolute atomic E-state index is 13.1. The van der Waals surface area contributed by atoms with Gasteiger partial charge in [-0.1, -0.05) is 24.2 Å². The van der Waals surface area contributed by atoms with Crippen molar-refractivity contribution in [2.75, 3.05) is 4.90 Å². The van der Waals surface area contributed by atoms with Gasteiger partial charge in [0.1, 0.15) is 23.0 Å². The summed E-state index contributed by atoms with van der Waals surface area (Å²) in [6.45, 7) is 2.38. The highest BCUT2D eigenvalue weighted by atomic mass is 19.4. The first-order valence-electron chi connectivity index (χ1n) is 13.1. The molecule has 4 heterocycles. The molecule has 1 saturated carbocycles. The number of hydrogen-bond donors (Lipinski definition) is 1. The fourth-order valence-electron chi connectivity index (χ4n) is 6.04. The predicted octanol–water partition coefficient (Wildman–Crippen LogP) is 6.17. The van der Waals surface area contributed by atoms with Crippen molar-refractivity contribution in [1.82, 2.24) is 10.1 Å². The summed E-state index contributed by atoms with van der Waals surface area (Å²) < 4.78 is 55.6. The average Bonchev–Trinajstić information content (AvgIpc) is 3.61. The summed E-state index contributed by atoms with van der Waals surface area (Å²) in [4.78, 5) is 17.9. The highest BCUT2D eigenvalue weighted by Gasteiger charge is 2.46. The number of alkyl halides is 3. The number of carboxylic acid groups (broad SMARTS) is 1. The Bertz CT molecular complexity index is 1360. The second-order valence-corrected chi connectivity index (χ2v) is 10.6. The van der Waals surface area contributed by atoms with Gasteiger partial charge in [-0.15, -0.1) is 13.2 Å². The summed E-state index contributed by atoms with van der Waals surface area (Å²) >= 11 is 0. The molecular weight excluding hydrogens is 515 g/mol. The molecule has 0 radical (unpaired) electrons. The zero-order chi connectivity index (χ0) is 27.3. The number of rotatable bonds is 8. The van der Waals surface area contributed by atoms with Crippen molar-refractivity contribution in [3.63, 3.8) is 0 Å². The van der Waals surface area contributed by atoms with Gasteiger partial charge >= 0.3 is 12.3 Å². The van der Waals surface area contributed by atoms with E-state index in [-0.39, 0.29) is 47.6 Å². The number of aromatic carboxylic acids is 1. The molecule has 8 nitrogen and oxygen atoms in total. The van der Waals surface area contributed by atoms with Crippen molar-refractivity contribution in [1.29, 1.82) is 0 Å². The van der Waals surface area contributed by atoms with Gasteiger partial charge in [-0.3, -0.25) is 0 Å². The summed E-state index contributed by atoms with van der Waals surface area (Å²) in [7, 11) is 0. The van der Waals surface area contributed by atoms with E-state index in [0.717, 1.165) is 37.9 Å². The predicted molar refractivity (Wildman–Crippen MR) is 133 cm³/mol. The van der Waals surface area contributed by atoms with E-state index in [1.807, 2.05) is 0 Å². The van der Waals surface area contributed by atoms with E-state index >= 15 is 0 Å². The van der Waals surface area contributed by atoms with E-state index < -0.39 is 12.3 Å².